The summed E-state index contributed by atoms with van der Waals surface area (Å²) in [4.78, 5) is 10.4. The SMILES string of the molecule is O=C(O)C=CC1=CC(O)C(O)(c2ccccc2)C=C1. The van der Waals surface area contributed by atoms with Crippen LogP contribution in [0.5, 0.6) is 0 Å². The minimum Gasteiger partial charge on any atom is -0.478 e. The van der Waals surface area contributed by atoms with Crippen LogP contribution < -0.4 is 0 Å². The van der Waals surface area contributed by atoms with Gasteiger partial charge in [0, 0.05) is 6.08 Å². The maximum Gasteiger partial charge on any atom is 0.328 e. The van der Waals surface area contributed by atoms with E-state index in [1.807, 2.05) is 6.07 Å². The second-order valence-corrected chi connectivity index (χ2v) is 4.31. The summed E-state index contributed by atoms with van der Waals surface area (Å²) in [5, 5.41) is 29.1. The molecule has 0 fully saturated rings. The molecule has 0 amide bonds. The molecule has 0 bridgehead atoms. The van der Waals surface area contributed by atoms with Gasteiger partial charge in [-0.25, -0.2) is 4.79 Å². The van der Waals surface area contributed by atoms with Crippen LogP contribution >= 0.6 is 0 Å². The summed E-state index contributed by atoms with van der Waals surface area (Å²) >= 11 is 0. The van der Waals surface area contributed by atoms with E-state index in [-0.39, 0.29) is 0 Å². The molecule has 1 aromatic carbocycles. The number of carboxylic acids is 1. The van der Waals surface area contributed by atoms with Gasteiger partial charge >= 0.3 is 5.97 Å². The third-order valence-electron chi connectivity index (χ3n) is 2.99. The molecule has 1 aliphatic carbocycles. The topological polar surface area (TPSA) is 77.8 Å². The standard InChI is InChI=1S/C15H14O4/c16-13-10-11(6-7-14(17)18)8-9-15(13,19)12-4-2-1-3-5-12/h1-10,13,16,19H,(H,17,18). The molecule has 2 unspecified atom stereocenters. The second kappa shape index (κ2) is 5.22. The molecule has 0 saturated carbocycles. The molecule has 0 spiro atoms. The molecule has 4 nitrogen and oxygen atoms in total. The highest BCUT2D eigenvalue weighted by Crippen LogP contribution is 2.31. The number of allylic oxidation sites excluding steroid dienone is 3. The summed E-state index contributed by atoms with van der Waals surface area (Å²) in [5.74, 6) is -1.06. The van der Waals surface area contributed by atoms with E-state index in [4.69, 9.17) is 5.11 Å². The zero-order chi connectivity index (χ0) is 13.9. The predicted octanol–water partition coefficient (Wildman–Crippen LogP) is 1.37. The Morgan fingerprint density at radius 3 is 2.53 bits per heavy atom. The normalized spacial score (nSPS) is 26.4. The Morgan fingerprint density at radius 1 is 1.26 bits per heavy atom. The lowest BCUT2D eigenvalue weighted by molar-refractivity contribution is -0.131. The van der Waals surface area contributed by atoms with Gasteiger partial charge in [0.1, 0.15) is 11.7 Å². The van der Waals surface area contributed by atoms with E-state index in [0.29, 0.717) is 11.1 Å². The van der Waals surface area contributed by atoms with Gasteiger partial charge in [0.15, 0.2) is 0 Å². The number of carbonyl (C=O) groups is 1. The quantitative estimate of drug-likeness (QED) is 0.716. The number of hydrogen-bond donors (Lipinski definition) is 3. The number of rotatable bonds is 3. The first-order valence-electron chi connectivity index (χ1n) is 5.80. The summed E-state index contributed by atoms with van der Waals surface area (Å²) < 4.78 is 0. The summed E-state index contributed by atoms with van der Waals surface area (Å²) in [6, 6.07) is 8.82. The van der Waals surface area contributed by atoms with Gasteiger partial charge < -0.3 is 15.3 Å². The molecule has 0 aromatic heterocycles. The first kappa shape index (κ1) is 13.3. The number of aliphatic hydroxyl groups is 2. The van der Waals surface area contributed by atoms with E-state index in [1.165, 1.54) is 18.2 Å². The van der Waals surface area contributed by atoms with E-state index < -0.39 is 17.7 Å². The van der Waals surface area contributed by atoms with E-state index in [9.17, 15) is 15.0 Å². The van der Waals surface area contributed by atoms with Gasteiger partial charge in [0.05, 0.1) is 0 Å². The van der Waals surface area contributed by atoms with Crippen molar-refractivity contribution < 1.29 is 20.1 Å². The van der Waals surface area contributed by atoms with Crippen molar-refractivity contribution in [1.82, 2.24) is 0 Å². The lowest BCUT2D eigenvalue weighted by atomic mass is 9.83. The van der Waals surface area contributed by atoms with Crippen LogP contribution in [0.4, 0.5) is 0 Å². The van der Waals surface area contributed by atoms with Crippen molar-refractivity contribution in [2.45, 2.75) is 11.7 Å². The maximum atomic E-state index is 10.5. The minimum atomic E-state index is -1.48. The van der Waals surface area contributed by atoms with Crippen LogP contribution in [0.25, 0.3) is 0 Å². The summed E-state index contributed by atoms with van der Waals surface area (Å²) in [5.41, 5.74) is -0.367. The molecule has 4 heteroatoms. The average Bonchev–Trinajstić information content (AvgIpc) is 2.41. The number of aliphatic carboxylic acids is 1. The number of aliphatic hydroxyl groups excluding tert-OH is 1. The molecule has 98 valence electrons. The van der Waals surface area contributed by atoms with Crippen LogP contribution in [-0.2, 0) is 10.4 Å². The van der Waals surface area contributed by atoms with E-state index >= 15 is 0 Å². The molecular weight excluding hydrogens is 244 g/mol. The second-order valence-electron chi connectivity index (χ2n) is 4.31. The number of carboxylic acid groups (broad SMARTS) is 1. The summed E-state index contributed by atoms with van der Waals surface area (Å²) in [6.45, 7) is 0. The fourth-order valence-electron chi connectivity index (χ4n) is 1.94. The zero-order valence-electron chi connectivity index (χ0n) is 10.1. The lowest BCUT2D eigenvalue weighted by Gasteiger charge is -2.31. The van der Waals surface area contributed by atoms with Gasteiger partial charge in [-0.3, -0.25) is 0 Å². The Labute approximate surface area is 110 Å². The van der Waals surface area contributed by atoms with Crippen LogP contribution in [-0.4, -0.2) is 27.4 Å². The Balaban J connectivity index is 2.26. The van der Waals surface area contributed by atoms with Crippen molar-refractivity contribution in [1.29, 1.82) is 0 Å². The summed E-state index contributed by atoms with van der Waals surface area (Å²) in [7, 11) is 0. The van der Waals surface area contributed by atoms with Crippen LogP contribution in [0.15, 0.2) is 66.3 Å². The Kier molecular flexibility index (Phi) is 3.64. The highest BCUT2D eigenvalue weighted by molar-refractivity contribution is 5.80. The number of benzene rings is 1. The van der Waals surface area contributed by atoms with Crippen LogP contribution in [0.3, 0.4) is 0 Å². The summed E-state index contributed by atoms with van der Waals surface area (Å²) in [6.07, 6.45) is 5.69. The fourth-order valence-corrected chi connectivity index (χ4v) is 1.94. The van der Waals surface area contributed by atoms with Gasteiger partial charge in [-0.05, 0) is 29.4 Å². The molecule has 0 radical (unpaired) electrons. The Bertz CT molecular complexity index is 557. The first-order valence-corrected chi connectivity index (χ1v) is 5.80. The lowest BCUT2D eigenvalue weighted by Crippen LogP contribution is -2.38. The van der Waals surface area contributed by atoms with Crippen LogP contribution in [0, 0.1) is 0 Å². The van der Waals surface area contributed by atoms with Crippen molar-refractivity contribution in [3.63, 3.8) is 0 Å². The van der Waals surface area contributed by atoms with Crippen LogP contribution in [0.2, 0.25) is 0 Å². The molecule has 2 atom stereocenters. The molecule has 2 rings (SSSR count). The Morgan fingerprint density at radius 2 is 1.95 bits per heavy atom. The van der Waals surface area contributed by atoms with Gasteiger partial charge in [0.2, 0.25) is 0 Å². The molecule has 0 saturated heterocycles. The zero-order valence-corrected chi connectivity index (χ0v) is 10.1. The first-order chi connectivity index (χ1) is 9.02. The minimum absolute atomic E-state index is 0.538. The van der Waals surface area contributed by atoms with Crippen molar-refractivity contribution in [3.8, 4) is 0 Å². The molecule has 1 aromatic rings. The van der Waals surface area contributed by atoms with Gasteiger partial charge in [0.25, 0.3) is 0 Å². The van der Waals surface area contributed by atoms with Gasteiger partial charge in [-0.15, -0.1) is 0 Å². The highest BCUT2D eigenvalue weighted by atomic mass is 16.4. The molecule has 1 aliphatic rings. The highest BCUT2D eigenvalue weighted by Gasteiger charge is 2.35. The Hall–Kier alpha value is -2.17. The van der Waals surface area contributed by atoms with E-state index in [0.717, 1.165) is 6.08 Å². The maximum absolute atomic E-state index is 10.5. The third kappa shape index (κ3) is 2.81. The van der Waals surface area contributed by atoms with Gasteiger partial charge in [-0.1, -0.05) is 36.4 Å². The molecule has 0 aliphatic heterocycles. The molecule has 3 N–H and O–H groups in total. The molecule has 19 heavy (non-hydrogen) atoms. The van der Waals surface area contributed by atoms with Crippen molar-refractivity contribution in [2.24, 2.45) is 0 Å². The van der Waals surface area contributed by atoms with E-state index in [2.05, 4.69) is 0 Å². The largest absolute Gasteiger partial charge is 0.478 e. The van der Waals surface area contributed by atoms with Crippen molar-refractivity contribution in [3.05, 3.63) is 71.8 Å². The number of hydrogen-bond acceptors (Lipinski definition) is 3. The van der Waals surface area contributed by atoms with Crippen molar-refractivity contribution in [2.75, 3.05) is 0 Å². The van der Waals surface area contributed by atoms with Crippen molar-refractivity contribution >= 4 is 5.97 Å². The predicted molar refractivity (Wildman–Crippen MR) is 70.3 cm³/mol. The monoisotopic (exact) mass is 258 g/mol. The molecule has 0 heterocycles. The fraction of sp³-hybridized carbons (Fsp3) is 0.133. The smallest absolute Gasteiger partial charge is 0.328 e. The molecular formula is C15H14O4. The van der Waals surface area contributed by atoms with E-state index in [1.54, 1.807) is 30.3 Å². The van der Waals surface area contributed by atoms with Crippen LogP contribution in [0.1, 0.15) is 5.56 Å². The van der Waals surface area contributed by atoms with Gasteiger partial charge in [-0.2, -0.15) is 0 Å². The third-order valence-corrected chi connectivity index (χ3v) is 2.99. The average molecular weight is 258 g/mol.